The lowest BCUT2D eigenvalue weighted by atomic mass is 10.2. The summed E-state index contributed by atoms with van der Waals surface area (Å²) in [5, 5.41) is 9.48. The zero-order valence-electron chi connectivity index (χ0n) is 11.5. The fraction of sp³-hybridized carbons (Fsp3) is 0.429. The number of thioether (sulfide) groups is 1. The molecule has 0 heterocycles. The highest BCUT2D eigenvalue weighted by Gasteiger charge is 2.21. The van der Waals surface area contributed by atoms with Crippen molar-refractivity contribution in [2.24, 2.45) is 0 Å². The molecule has 1 atom stereocenters. The molecule has 0 aliphatic rings. The van der Waals surface area contributed by atoms with Crippen LogP contribution in [0.3, 0.4) is 0 Å². The highest BCUT2D eigenvalue weighted by molar-refractivity contribution is 8.00. The van der Waals surface area contributed by atoms with Crippen molar-refractivity contribution in [2.45, 2.75) is 31.2 Å². The number of hydrogen-bond acceptors (Lipinski definition) is 3. The summed E-state index contributed by atoms with van der Waals surface area (Å²) in [6.07, 6.45) is 0.718. The van der Waals surface area contributed by atoms with Crippen molar-refractivity contribution >= 4 is 35.2 Å². The van der Waals surface area contributed by atoms with Gasteiger partial charge in [-0.15, -0.1) is 11.8 Å². The lowest BCUT2D eigenvalue weighted by Gasteiger charge is -2.26. The van der Waals surface area contributed by atoms with E-state index in [0.29, 0.717) is 5.02 Å². The van der Waals surface area contributed by atoms with Gasteiger partial charge in [-0.25, -0.2) is 0 Å². The fourth-order valence-electron chi connectivity index (χ4n) is 1.64. The van der Waals surface area contributed by atoms with Crippen LogP contribution in [0.15, 0.2) is 29.2 Å². The molecule has 0 aliphatic heterocycles. The molecule has 0 saturated carbocycles. The first kappa shape index (κ1) is 16.9. The lowest BCUT2D eigenvalue weighted by molar-refractivity contribution is -0.144. The Morgan fingerprint density at radius 3 is 2.60 bits per heavy atom. The molecule has 0 aromatic heterocycles. The molecule has 1 unspecified atom stereocenters. The maximum atomic E-state index is 12.2. The van der Waals surface area contributed by atoms with Gasteiger partial charge in [0.2, 0.25) is 5.91 Å². The van der Waals surface area contributed by atoms with Crippen molar-refractivity contribution < 1.29 is 14.7 Å². The van der Waals surface area contributed by atoms with Crippen LogP contribution >= 0.6 is 23.4 Å². The highest BCUT2D eigenvalue weighted by atomic mass is 35.5. The molecule has 0 spiro atoms. The monoisotopic (exact) mass is 315 g/mol. The molecule has 1 N–H and O–H groups in total. The zero-order chi connectivity index (χ0) is 15.1. The van der Waals surface area contributed by atoms with Crippen LogP contribution in [0, 0.1) is 0 Å². The molecular formula is C14H18ClNO3S. The van der Waals surface area contributed by atoms with E-state index in [0.717, 1.165) is 11.3 Å². The van der Waals surface area contributed by atoms with Gasteiger partial charge in [0.05, 0.1) is 10.8 Å². The molecule has 0 saturated heterocycles. The van der Waals surface area contributed by atoms with Gasteiger partial charge in [0, 0.05) is 10.9 Å². The van der Waals surface area contributed by atoms with Crippen LogP contribution < -0.4 is 0 Å². The van der Waals surface area contributed by atoms with E-state index in [1.54, 1.807) is 6.07 Å². The van der Waals surface area contributed by atoms with Gasteiger partial charge in [-0.1, -0.05) is 30.7 Å². The lowest BCUT2D eigenvalue weighted by Crippen LogP contribution is -2.42. The predicted molar refractivity (Wildman–Crippen MR) is 81.3 cm³/mol. The van der Waals surface area contributed by atoms with Crippen LogP contribution in [-0.2, 0) is 9.59 Å². The molecule has 1 aromatic rings. The van der Waals surface area contributed by atoms with Crippen molar-refractivity contribution in [3.05, 3.63) is 29.3 Å². The van der Waals surface area contributed by atoms with Crippen molar-refractivity contribution in [3.63, 3.8) is 0 Å². The number of halogens is 1. The second-order valence-electron chi connectivity index (χ2n) is 4.39. The first-order valence-electron chi connectivity index (χ1n) is 6.34. The van der Waals surface area contributed by atoms with Crippen LogP contribution in [0.4, 0.5) is 0 Å². The minimum Gasteiger partial charge on any atom is -0.480 e. The Labute approximate surface area is 128 Å². The number of hydrogen-bond donors (Lipinski definition) is 1. The van der Waals surface area contributed by atoms with Crippen LogP contribution in [0.5, 0.6) is 0 Å². The molecule has 0 radical (unpaired) electrons. The van der Waals surface area contributed by atoms with E-state index >= 15 is 0 Å². The van der Waals surface area contributed by atoms with Gasteiger partial charge in [0.15, 0.2) is 0 Å². The van der Waals surface area contributed by atoms with Gasteiger partial charge < -0.3 is 10.0 Å². The maximum Gasteiger partial charge on any atom is 0.323 e. The summed E-state index contributed by atoms with van der Waals surface area (Å²) in [6.45, 7) is 3.51. The normalized spacial score (nSPS) is 11.9. The summed E-state index contributed by atoms with van der Waals surface area (Å²) in [5.74, 6) is -1.01. The molecule has 0 bridgehead atoms. The Morgan fingerprint density at radius 2 is 2.05 bits per heavy atom. The van der Waals surface area contributed by atoms with Crippen LogP contribution in [0.25, 0.3) is 0 Å². The number of benzene rings is 1. The number of amides is 1. The largest absolute Gasteiger partial charge is 0.480 e. The number of carboxylic acid groups (broad SMARTS) is 1. The Bertz CT molecular complexity index is 481. The summed E-state index contributed by atoms with van der Waals surface area (Å²) >= 11 is 7.34. The first-order chi connectivity index (χ1) is 9.45. The summed E-state index contributed by atoms with van der Waals surface area (Å²) in [7, 11) is 0. The molecule has 20 heavy (non-hydrogen) atoms. The summed E-state index contributed by atoms with van der Waals surface area (Å²) in [5.41, 5.74) is 0. The molecule has 110 valence electrons. The Balaban J connectivity index is 2.67. The number of nitrogens with zero attached hydrogens (tertiary/aromatic N) is 1. The van der Waals surface area contributed by atoms with Gasteiger partial charge in [-0.2, -0.15) is 0 Å². The molecule has 1 rings (SSSR count). The minimum absolute atomic E-state index is 0.0922. The number of aliphatic carboxylic acids is 1. The molecule has 1 amide bonds. The van der Waals surface area contributed by atoms with E-state index in [9.17, 15) is 9.59 Å². The first-order valence-corrected chi connectivity index (χ1v) is 7.70. The van der Waals surface area contributed by atoms with E-state index < -0.39 is 5.97 Å². The fourth-order valence-corrected chi connectivity index (χ4v) is 2.77. The third-order valence-electron chi connectivity index (χ3n) is 2.94. The summed E-state index contributed by atoms with van der Waals surface area (Å²) in [6, 6.07) is 7.18. The van der Waals surface area contributed by atoms with Gasteiger partial charge in [0.1, 0.15) is 6.54 Å². The van der Waals surface area contributed by atoms with Crippen LogP contribution in [0.1, 0.15) is 20.3 Å². The van der Waals surface area contributed by atoms with Crippen molar-refractivity contribution in [3.8, 4) is 0 Å². The van der Waals surface area contributed by atoms with Crippen molar-refractivity contribution in [2.75, 3.05) is 12.3 Å². The van der Waals surface area contributed by atoms with Crippen LogP contribution in [-0.4, -0.2) is 40.2 Å². The van der Waals surface area contributed by atoms with E-state index in [2.05, 4.69) is 0 Å². The van der Waals surface area contributed by atoms with Gasteiger partial charge in [-0.05, 0) is 25.5 Å². The summed E-state index contributed by atoms with van der Waals surface area (Å²) < 4.78 is 0. The predicted octanol–water partition coefficient (Wildman–Crippen LogP) is 3.14. The van der Waals surface area contributed by atoms with Crippen LogP contribution in [0.2, 0.25) is 5.02 Å². The molecule has 1 aromatic carbocycles. The standard InChI is InChI=1S/C14H18ClNO3S/c1-3-10(2)16(8-14(18)19)13(17)9-20-12-7-5-4-6-11(12)15/h4-7,10H,3,8-9H2,1-2H3,(H,18,19). The molecular weight excluding hydrogens is 298 g/mol. The van der Waals surface area contributed by atoms with E-state index in [1.807, 2.05) is 32.0 Å². The minimum atomic E-state index is -0.999. The van der Waals surface area contributed by atoms with Gasteiger partial charge in [-0.3, -0.25) is 9.59 Å². The Morgan fingerprint density at radius 1 is 1.40 bits per heavy atom. The molecule has 6 heteroatoms. The number of carbonyl (C=O) groups excluding carboxylic acids is 1. The van der Waals surface area contributed by atoms with Gasteiger partial charge >= 0.3 is 5.97 Å². The van der Waals surface area contributed by atoms with Crippen molar-refractivity contribution in [1.29, 1.82) is 0 Å². The quantitative estimate of drug-likeness (QED) is 0.785. The third kappa shape index (κ3) is 5.06. The molecule has 0 fully saturated rings. The SMILES string of the molecule is CCC(C)N(CC(=O)O)C(=O)CSc1ccccc1Cl. The topological polar surface area (TPSA) is 57.6 Å². The zero-order valence-corrected chi connectivity index (χ0v) is 13.1. The maximum absolute atomic E-state index is 12.2. The third-order valence-corrected chi connectivity index (χ3v) is 4.44. The highest BCUT2D eigenvalue weighted by Crippen LogP contribution is 2.26. The second-order valence-corrected chi connectivity index (χ2v) is 5.82. The smallest absolute Gasteiger partial charge is 0.323 e. The number of carboxylic acids is 1. The molecule has 4 nitrogen and oxygen atoms in total. The average Bonchev–Trinajstić information content (AvgIpc) is 2.42. The Kier molecular flexibility index (Phi) is 6.88. The molecule has 0 aliphatic carbocycles. The van der Waals surface area contributed by atoms with E-state index in [1.165, 1.54) is 16.7 Å². The van der Waals surface area contributed by atoms with Crippen molar-refractivity contribution in [1.82, 2.24) is 4.90 Å². The average molecular weight is 316 g/mol. The van der Waals surface area contributed by atoms with E-state index in [-0.39, 0.29) is 24.2 Å². The van der Waals surface area contributed by atoms with Gasteiger partial charge in [0.25, 0.3) is 0 Å². The number of rotatable bonds is 7. The second kappa shape index (κ2) is 8.17. The van der Waals surface area contributed by atoms with E-state index in [4.69, 9.17) is 16.7 Å². The Hall–Kier alpha value is -1.20. The number of carbonyl (C=O) groups is 2. The summed E-state index contributed by atoms with van der Waals surface area (Å²) in [4.78, 5) is 25.2.